The molecule has 0 unspecified atom stereocenters. The first-order chi connectivity index (χ1) is 11.7. The number of ether oxygens (including phenoxy) is 1. The Morgan fingerprint density at radius 1 is 1.25 bits per heavy atom. The summed E-state index contributed by atoms with van der Waals surface area (Å²) in [6.07, 6.45) is 7.28. The number of aliphatic imine (C=N–C) groups is 1. The van der Waals surface area contributed by atoms with E-state index in [1.807, 2.05) is 28.9 Å². The molecule has 2 aromatic heterocycles. The van der Waals surface area contributed by atoms with Crippen molar-refractivity contribution in [1.82, 2.24) is 20.0 Å². The van der Waals surface area contributed by atoms with Crippen LogP contribution in [0.25, 0.3) is 5.65 Å². The number of aromatic nitrogens is 2. The maximum atomic E-state index is 5.55. The second-order valence-corrected chi connectivity index (χ2v) is 6.43. The molecule has 2 aromatic rings. The van der Waals surface area contributed by atoms with Gasteiger partial charge >= 0.3 is 0 Å². The van der Waals surface area contributed by atoms with Gasteiger partial charge < -0.3 is 19.8 Å². The molecule has 132 valence electrons. The monoisotopic (exact) mass is 395 g/mol. The number of pyridine rings is 1. The summed E-state index contributed by atoms with van der Waals surface area (Å²) in [6, 6.07) is 3.97. The molecule has 2 rings (SSSR count). The van der Waals surface area contributed by atoms with Gasteiger partial charge in [-0.15, -0.1) is 0 Å². The zero-order chi connectivity index (χ0) is 17.2. The van der Waals surface area contributed by atoms with Gasteiger partial charge in [-0.25, -0.2) is 4.98 Å². The number of unbranched alkanes of at least 4 members (excludes halogenated alkanes) is 1. The standard InChI is InChI=1S/C17H26BrN5O/c1-3-4-9-24-10-5-8-20-17(19-2)21-11-15-13-23-12-14(18)6-7-16(23)22-15/h6-7,12-13H,3-5,8-11H2,1-2H3,(H2,19,20,21). The number of hydrogen-bond donors (Lipinski definition) is 2. The largest absolute Gasteiger partial charge is 0.381 e. The Kier molecular flexibility index (Phi) is 8.04. The SMILES string of the molecule is CCCCOCCCNC(=NC)NCc1cn2cc(Br)ccc2n1. The van der Waals surface area contributed by atoms with Crippen molar-refractivity contribution in [2.45, 2.75) is 32.7 Å². The predicted molar refractivity (Wildman–Crippen MR) is 101 cm³/mol. The van der Waals surface area contributed by atoms with E-state index in [4.69, 9.17) is 4.74 Å². The van der Waals surface area contributed by atoms with Crippen LogP contribution in [0.2, 0.25) is 0 Å². The maximum Gasteiger partial charge on any atom is 0.191 e. The van der Waals surface area contributed by atoms with Crippen LogP contribution in [0.5, 0.6) is 0 Å². The molecule has 2 N–H and O–H groups in total. The van der Waals surface area contributed by atoms with Gasteiger partial charge in [0.25, 0.3) is 0 Å². The first-order valence-corrected chi connectivity index (χ1v) is 9.17. The first kappa shape index (κ1) is 18.7. The minimum absolute atomic E-state index is 0.631. The van der Waals surface area contributed by atoms with Crippen molar-refractivity contribution in [3.63, 3.8) is 0 Å². The zero-order valence-corrected chi connectivity index (χ0v) is 16.0. The van der Waals surface area contributed by atoms with Gasteiger partial charge in [-0.3, -0.25) is 4.99 Å². The van der Waals surface area contributed by atoms with Crippen LogP contribution in [0.4, 0.5) is 0 Å². The highest BCUT2D eigenvalue weighted by atomic mass is 79.9. The molecule has 0 atom stereocenters. The van der Waals surface area contributed by atoms with Crippen LogP contribution in [0.15, 0.2) is 34.0 Å². The Bertz CT molecular complexity index is 655. The number of nitrogens with zero attached hydrogens (tertiary/aromatic N) is 3. The highest BCUT2D eigenvalue weighted by Gasteiger charge is 2.03. The highest BCUT2D eigenvalue weighted by Crippen LogP contribution is 2.12. The van der Waals surface area contributed by atoms with Crippen molar-refractivity contribution in [2.75, 3.05) is 26.8 Å². The summed E-state index contributed by atoms with van der Waals surface area (Å²) < 4.78 is 8.58. The fraction of sp³-hybridized carbons (Fsp3) is 0.529. The molecular formula is C17H26BrN5O. The van der Waals surface area contributed by atoms with Crippen molar-refractivity contribution in [3.05, 3.63) is 34.7 Å². The van der Waals surface area contributed by atoms with Crippen LogP contribution in [-0.2, 0) is 11.3 Å². The Labute approximate surface area is 151 Å². The number of rotatable bonds is 9. The van der Waals surface area contributed by atoms with E-state index in [2.05, 4.69) is 43.5 Å². The highest BCUT2D eigenvalue weighted by molar-refractivity contribution is 9.10. The number of guanidine groups is 1. The third kappa shape index (κ3) is 6.13. The van der Waals surface area contributed by atoms with Crippen molar-refractivity contribution < 1.29 is 4.74 Å². The van der Waals surface area contributed by atoms with E-state index in [0.29, 0.717) is 6.54 Å². The lowest BCUT2D eigenvalue weighted by Gasteiger charge is -2.11. The van der Waals surface area contributed by atoms with Crippen molar-refractivity contribution in [1.29, 1.82) is 0 Å². The Balaban J connectivity index is 1.70. The molecule has 0 amide bonds. The maximum absolute atomic E-state index is 5.55. The molecule has 0 fully saturated rings. The average molecular weight is 396 g/mol. The third-order valence-corrected chi connectivity index (χ3v) is 3.99. The lowest BCUT2D eigenvalue weighted by atomic mass is 10.4. The van der Waals surface area contributed by atoms with E-state index >= 15 is 0 Å². The summed E-state index contributed by atoms with van der Waals surface area (Å²) in [7, 11) is 1.77. The van der Waals surface area contributed by atoms with E-state index < -0.39 is 0 Å². The second kappa shape index (κ2) is 10.3. The van der Waals surface area contributed by atoms with Crippen LogP contribution < -0.4 is 10.6 Å². The van der Waals surface area contributed by atoms with Crippen molar-refractivity contribution >= 4 is 27.5 Å². The average Bonchev–Trinajstić information content (AvgIpc) is 2.98. The Hall–Kier alpha value is -1.60. The molecule has 0 aliphatic carbocycles. The van der Waals surface area contributed by atoms with Crippen LogP contribution in [0, 0.1) is 0 Å². The van der Waals surface area contributed by atoms with Crippen molar-refractivity contribution in [2.24, 2.45) is 4.99 Å². The van der Waals surface area contributed by atoms with Gasteiger partial charge in [0.05, 0.1) is 12.2 Å². The first-order valence-electron chi connectivity index (χ1n) is 8.38. The molecule has 6 nitrogen and oxygen atoms in total. The molecule has 0 spiro atoms. The molecule has 0 aliphatic heterocycles. The summed E-state index contributed by atoms with van der Waals surface area (Å²) in [6.45, 7) is 5.27. The third-order valence-electron chi connectivity index (χ3n) is 3.53. The Morgan fingerprint density at radius 3 is 2.88 bits per heavy atom. The molecule has 0 radical (unpaired) electrons. The van der Waals surface area contributed by atoms with Gasteiger partial charge in [0.1, 0.15) is 5.65 Å². The molecule has 0 saturated heterocycles. The fourth-order valence-corrected chi connectivity index (χ4v) is 2.58. The van der Waals surface area contributed by atoms with Crippen molar-refractivity contribution in [3.8, 4) is 0 Å². The lowest BCUT2D eigenvalue weighted by Crippen LogP contribution is -2.37. The van der Waals surface area contributed by atoms with Crippen LogP contribution in [0.1, 0.15) is 31.9 Å². The summed E-state index contributed by atoms with van der Waals surface area (Å²) in [5, 5.41) is 6.57. The molecule has 0 saturated carbocycles. The number of halogens is 1. The zero-order valence-electron chi connectivity index (χ0n) is 14.4. The van der Waals surface area contributed by atoms with E-state index in [-0.39, 0.29) is 0 Å². The lowest BCUT2D eigenvalue weighted by molar-refractivity contribution is 0.129. The smallest absolute Gasteiger partial charge is 0.191 e. The van der Waals surface area contributed by atoms with Gasteiger partial charge in [0.15, 0.2) is 5.96 Å². The summed E-state index contributed by atoms with van der Waals surface area (Å²) in [5.41, 5.74) is 1.90. The van der Waals surface area contributed by atoms with E-state index in [1.54, 1.807) is 7.05 Å². The minimum atomic E-state index is 0.631. The predicted octanol–water partition coefficient (Wildman–Crippen LogP) is 2.97. The van der Waals surface area contributed by atoms with E-state index in [1.165, 1.54) is 6.42 Å². The van der Waals surface area contributed by atoms with Crippen LogP contribution in [0.3, 0.4) is 0 Å². The normalized spacial score (nSPS) is 11.9. The van der Waals surface area contributed by atoms with E-state index in [0.717, 1.165) is 54.4 Å². The molecule has 7 heteroatoms. The summed E-state index contributed by atoms with van der Waals surface area (Å²) in [5.74, 6) is 0.779. The number of fused-ring (bicyclic) bond motifs is 1. The van der Waals surface area contributed by atoms with Gasteiger partial charge in [0, 0.05) is 43.7 Å². The minimum Gasteiger partial charge on any atom is -0.381 e. The van der Waals surface area contributed by atoms with Crippen LogP contribution >= 0.6 is 15.9 Å². The number of nitrogens with one attached hydrogen (secondary N) is 2. The van der Waals surface area contributed by atoms with Gasteiger partial charge in [0.2, 0.25) is 0 Å². The molecule has 24 heavy (non-hydrogen) atoms. The summed E-state index contributed by atoms with van der Waals surface area (Å²) in [4.78, 5) is 8.81. The fourth-order valence-electron chi connectivity index (χ4n) is 2.23. The number of imidazole rings is 1. The molecule has 2 heterocycles. The number of hydrogen-bond acceptors (Lipinski definition) is 3. The molecule has 0 aliphatic rings. The quantitative estimate of drug-likeness (QED) is 0.389. The molecular weight excluding hydrogens is 370 g/mol. The van der Waals surface area contributed by atoms with Crippen LogP contribution in [-0.4, -0.2) is 42.2 Å². The Morgan fingerprint density at radius 2 is 2.08 bits per heavy atom. The van der Waals surface area contributed by atoms with Gasteiger partial charge in [-0.1, -0.05) is 13.3 Å². The van der Waals surface area contributed by atoms with Gasteiger partial charge in [-0.2, -0.15) is 0 Å². The van der Waals surface area contributed by atoms with E-state index in [9.17, 15) is 0 Å². The molecule has 0 aromatic carbocycles. The topological polar surface area (TPSA) is 63.0 Å². The van der Waals surface area contributed by atoms with Gasteiger partial charge in [-0.05, 0) is 40.9 Å². The summed E-state index contributed by atoms with van der Waals surface area (Å²) >= 11 is 3.47. The molecule has 0 bridgehead atoms. The second-order valence-electron chi connectivity index (χ2n) is 5.52.